The second-order valence-corrected chi connectivity index (χ2v) is 20.9. The van der Waals surface area contributed by atoms with Crippen LogP contribution in [-0.2, 0) is 51.0 Å². The Balaban J connectivity index is 1.44. The van der Waals surface area contributed by atoms with Crippen molar-refractivity contribution in [3.8, 4) is 0 Å². The normalized spacial score (nSPS) is 22.8. The van der Waals surface area contributed by atoms with Crippen LogP contribution >= 0.6 is 15.6 Å². The van der Waals surface area contributed by atoms with Gasteiger partial charge in [0.2, 0.25) is 0 Å². The molecule has 0 bridgehead atoms. The molecule has 9 atom stereocenters. The first-order valence-corrected chi connectivity index (χ1v) is 27.5. The van der Waals surface area contributed by atoms with Gasteiger partial charge in [-0.05, 0) is 63.4 Å². The summed E-state index contributed by atoms with van der Waals surface area (Å²) in [5.41, 5.74) is 4.58. The molecule has 2 aliphatic heterocycles. The van der Waals surface area contributed by atoms with Crippen molar-refractivity contribution >= 4 is 33.4 Å². The number of phosphoric ester groups is 2. The van der Waals surface area contributed by atoms with E-state index in [2.05, 4.69) is 66.5 Å². The summed E-state index contributed by atoms with van der Waals surface area (Å²) in [6.45, 7) is 4.31. The Hall–Kier alpha value is -3.06. The van der Waals surface area contributed by atoms with E-state index in [9.17, 15) is 43.5 Å². The molecule has 0 amide bonds. The summed E-state index contributed by atoms with van der Waals surface area (Å²) in [5, 5.41) is 20.9. The average molecular weight is 1000 g/mol. The highest BCUT2D eigenvalue weighted by atomic mass is 31.3. The standard InChI is InChI=1S/C47H79N3O16P2/c1-4-5-6-7-8-9-10-11-14-17-20-23-27-38-39(64-38)28-25-30-43(52)63-37(33-60-42(51)29-24-21-18-15-12-13-16-19-22-26-36(2)3)34-61-67(56,57)66-68(58,59)62-35-40-44(53)45(54)46(65-40)50-32-31-41(48)49-47(50)55/h8-9,11,14,20,23,31-32,36-40,44-46,53-54H,4-7,10,12-13,15-19,21-22,24-30,33-35H2,1-3H3,(H,56,57)(H,58,59)(H2,48,49,55)/b9-8-,14-11-,23-20-/t37-,38?,39?,40-,44-,45-,46-/m1/s1. The van der Waals surface area contributed by atoms with Crippen LogP contribution in [0.3, 0.4) is 0 Å². The zero-order valence-corrected chi connectivity index (χ0v) is 42.1. The van der Waals surface area contributed by atoms with Gasteiger partial charge in [0.1, 0.15) is 30.7 Å². The number of carbonyl (C=O) groups excluding carboxylic acids is 2. The number of nitrogens with zero attached hydrogens (tertiary/aromatic N) is 2. The maximum atomic E-state index is 12.9. The monoisotopic (exact) mass is 1000 g/mol. The van der Waals surface area contributed by atoms with E-state index in [-0.39, 0.29) is 30.9 Å². The summed E-state index contributed by atoms with van der Waals surface area (Å²) in [6.07, 6.45) is 25.5. The molecule has 6 N–H and O–H groups in total. The number of allylic oxidation sites excluding steroid dienone is 5. The highest BCUT2D eigenvalue weighted by molar-refractivity contribution is 7.61. The van der Waals surface area contributed by atoms with Crippen molar-refractivity contribution in [1.29, 1.82) is 0 Å². The van der Waals surface area contributed by atoms with E-state index in [1.807, 2.05) is 0 Å². The average Bonchev–Trinajstić information content (AvgIpc) is 3.97. The molecule has 3 rings (SSSR count). The van der Waals surface area contributed by atoms with Gasteiger partial charge >= 0.3 is 33.3 Å². The molecule has 0 saturated carbocycles. The minimum atomic E-state index is -5.44. The van der Waals surface area contributed by atoms with Gasteiger partial charge in [-0.15, -0.1) is 0 Å². The summed E-state index contributed by atoms with van der Waals surface area (Å²) < 4.78 is 62.5. The number of anilines is 1. The Kier molecular flexibility index (Phi) is 28.5. The van der Waals surface area contributed by atoms with Gasteiger partial charge < -0.3 is 44.7 Å². The number of phosphoric acid groups is 2. The van der Waals surface area contributed by atoms with E-state index in [0.717, 1.165) is 68.0 Å². The van der Waals surface area contributed by atoms with Crippen LogP contribution < -0.4 is 11.4 Å². The fourth-order valence-electron chi connectivity index (χ4n) is 7.41. The molecule has 0 spiro atoms. The summed E-state index contributed by atoms with van der Waals surface area (Å²) in [5.74, 6) is -0.642. The molecule has 3 heterocycles. The predicted molar refractivity (Wildman–Crippen MR) is 256 cm³/mol. The zero-order valence-electron chi connectivity index (χ0n) is 40.3. The molecule has 388 valence electrons. The second-order valence-electron chi connectivity index (χ2n) is 17.8. The lowest BCUT2D eigenvalue weighted by molar-refractivity contribution is -0.161. The number of aromatic nitrogens is 2. The van der Waals surface area contributed by atoms with Gasteiger partial charge in [-0.1, -0.05) is 128 Å². The number of nitrogens with two attached hydrogens (primary N) is 1. The number of aliphatic hydroxyl groups is 2. The fraction of sp³-hybridized carbons (Fsp3) is 0.745. The predicted octanol–water partition coefficient (Wildman–Crippen LogP) is 8.45. The number of esters is 2. The van der Waals surface area contributed by atoms with Crippen molar-refractivity contribution in [2.24, 2.45) is 5.92 Å². The number of hydrogen-bond acceptors (Lipinski definition) is 16. The molecule has 68 heavy (non-hydrogen) atoms. The SMILES string of the molecule is CCCCC/C=C\C/C=C\C/C=C\CC1OC1CCCC(=O)O[C@H](COC(=O)CCCCCCCCCCCC(C)C)COP(=O)(O)OP(=O)(O)OC[C@H]1O[C@@H](n2ccc(N)nc2=O)[C@H](O)[C@@H]1O. The lowest BCUT2D eigenvalue weighted by atomic mass is 10.0. The molecule has 1 aromatic heterocycles. The van der Waals surface area contributed by atoms with Crippen LogP contribution in [0.25, 0.3) is 0 Å². The number of ether oxygens (including phenoxy) is 4. The molecule has 0 aliphatic carbocycles. The second kappa shape index (κ2) is 32.8. The van der Waals surface area contributed by atoms with E-state index in [1.54, 1.807) is 0 Å². The van der Waals surface area contributed by atoms with Crippen molar-refractivity contribution in [2.45, 2.75) is 198 Å². The molecule has 0 radical (unpaired) electrons. The number of hydrogen-bond donors (Lipinski definition) is 5. The van der Waals surface area contributed by atoms with Crippen LogP contribution in [0.4, 0.5) is 5.82 Å². The van der Waals surface area contributed by atoms with Crippen LogP contribution in [0, 0.1) is 5.92 Å². The summed E-state index contributed by atoms with van der Waals surface area (Å²) in [6, 6.07) is 1.24. The molecule has 1 aromatic rings. The van der Waals surface area contributed by atoms with Crippen LogP contribution in [0.15, 0.2) is 53.5 Å². The van der Waals surface area contributed by atoms with Gasteiger partial charge in [0.25, 0.3) is 0 Å². The van der Waals surface area contributed by atoms with Gasteiger partial charge in [-0.3, -0.25) is 23.2 Å². The number of aliphatic hydroxyl groups excluding tert-OH is 2. The number of carbonyl (C=O) groups is 2. The van der Waals surface area contributed by atoms with Crippen LogP contribution in [0.5, 0.6) is 0 Å². The van der Waals surface area contributed by atoms with Crippen LogP contribution in [-0.4, -0.2) is 97.9 Å². The molecule has 2 fully saturated rings. The van der Waals surface area contributed by atoms with E-state index in [0.29, 0.717) is 19.3 Å². The minimum absolute atomic E-state index is 0.00473. The third-order valence-electron chi connectivity index (χ3n) is 11.3. The maximum Gasteiger partial charge on any atom is 0.481 e. The van der Waals surface area contributed by atoms with Gasteiger partial charge in [0.15, 0.2) is 12.3 Å². The summed E-state index contributed by atoms with van der Waals surface area (Å²) >= 11 is 0. The number of epoxide rings is 1. The van der Waals surface area contributed by atoms with Crippen LogP contribution in [0.1, 0.15) is 162 Å². The Morgan fingerprint density at radius 2 is 1.41 bits per heavy atom. The van der Waals surface area contributed by atoms with Crippen molar-refractivity contribution < 1.29 is 71.0 Å². The van der Waals surface area contributed by atoms with E-state index >= 15 is 0 Å². The van der Waals surface area contributed by atoms with E-state index < -0.39 is 83.7 Å². The largest absolute Gasteiger partial charge is 0.481 e. The Morgan fingerprint density at radius 1 is 0.779 bits per heavy atom. The van der Waals surface area contributed by atoms with Gasteiger partial charge in [-0.2, -0.15) is 9.29 Å². The lowest BCUT2D eigenvalue weighted by Crippen LogP contribution is -2.36. The Labute approximate surface area is 402 Å². The highest BCUT2D eigenvalue weighted by Gasteiger charge is 2.46. The third kappa shape index (κ3) is 25.7. The first-order chi connectivity index (χ1) is 32.5. The fourth-order valence-corrected chi connectivity index (χ4v) is 9.52. The number of nitrogen functional groups attached to an aromatic ring is 1. The van der Waals surface area contributed by atoms with Crippen LogP contribution in [0.2, 0.25) is 0 Å². The molecular weight excluding hydrogens is 924 g/mol. The molecular formula is C47H79N3O16P2. The summed E-state index contributed by atoms with van der Waals surface area (Å²) in [7, 11) is -10.9. The Morgan fingerprint density at radius 3 is 2.09 bits per heavy atom. The van der Waals surface area contributed by atoms with Gasteiger partial charge in [-0.25, -0.2) is 13.9 Å². The summed E-state index contributed by atoms with van der Waals surface area (Å²) in [4.78, 5) is 61.9. The number of rotatable bonds is 38. The molecule has 2 saturated heterocycles. The van der Waals surface area contributed by atoms with E-state index in [1.165, 1.54) is 57.4 Å². The number of unbranched alkanes of at least 4 members (excludes halogenated alkanes) is 11. The van der Waals surface area contributed by atoms with Crippen molar-refractivity contribution in [2.75, 3.05) is 25.6 Å². The third-order valence-corrected chi connectivity index (χ3v) is 13.9. The minimum Gasteiger partial charge on any atom is -0.462 e. The highest BCUT2D eigenvalue weighted by Crippen LogP contribution is 2.60. The molecule has 2 aliphatic rings. The topological polar surface area (TPSA) is 278 Å². The molecule has 21 heteroatoms. The van der Waals surface area contributed by atoms with Crippen molar-refractivity contribution in [1.82, 2.24) is 9.55 Å². The van der Waals surface area contributed by atoms with E-state index in [4.69, 9.17) is 33.7 Å². The Bertz CT molecular complexity index is 1860. The maximum absolute atomic E-state index is 12.9. The van der Waals surface area contributed by atoms with Gasteiger partial charge in [0.05, 0.1) is 25.4 Å². The first-order valence-electron chi connectivity index (χ1n) is 24.5. The molecule has 4 unspecified atom stereocenters. The molecule has 0 aromatic carbocycles. The lowest BCUT2D eigenvalue weighted by Gasteiger charge is -2.21. The van der Waals surface area contributed by atoms with Gasteiger partial charge in [0, 0.05) is 19.0 Å². The quantitative estimate of drug-likeness (QED) is 0.0137. The van der Waals surface area contributed by atoms with Crippen molar-refractivity contribution in [3.05, 3.63) is 59.2 Å². The smallest absolute Gasteiger partial charge is 0.462 e. The zero-order chi connectivity index (χ0) is 49.8. The molecule has 19 nitrogen and oxygen atoms in total. The first kappa shape index (κ1) is 59.2. The van der Waals surface area contributed by atoms with Crippen molar-refractivity contribution in [3.63, 3.8) is 0 Å².